The van der Waals surface area contributed by atoms with E-state index in [2.05, 4.69) is 36.2 Å². The van der Waals surface area contributed by atoms with Gasteiger partial charge in [-0.2, -0.15) is 0 Å². The van der Waals surface area contributed by atoms with Gasteiger partial charge in [0.25, 0.3) is 5.91 Å². The number of hydrogen-bond donors (Lipinski definition) is 0. The lowest BCUT2D eigenvalue weighted by molar-refractivity contribution is -0.144. The molecule has 2 saturated heterocycles. The minimum atomic E-state index is -0.255. The molecule has 2 aromatic carbocycles. The lowest BCUT2D eigenvalue weighted by atomic mass is 10.0. The van der Waals surface area contributed by atoms with E-state index < -0.39 is 0 Å². The first-order valence-electron chi connectivity index (χ1n) is 11.2. The van der Waals surface area contributed by atoms with Crippen molar-refractivity contribution in [2.75, 3.05) is 19.7 Å². The van der Waals surface area contributed by atoms with Crippen molar-refractivity contribution in [1.29, 1.82) is 0 Å². The third-order valence-electron chi connectivity index (χ3n) is 6.47. The van der Waals surface area contributed by atoms with Gasteiger partial charge in [-0.15, -0.1) is 0 Å². The number of fused-ring (bicyclic) bond motifs is 1. The molecular formula is C26H28N2O3. The van der Waals surface area contributed by atoms with Crippen molar-refractivity contribution in [2.45, 2.75) is 38.4 Å². The number of carbonyl (C=O) groups excluding carboxylic acids is 1. The van der Waals surface area contributed by atoms with E-state index in [1.165, 1.54) is 0 Å². The number of ether oxygens (including phenoxy) is 2. The van der Waals surface area contributed by atoms with Crippen LogP contribution in [-0.4, -0.2) is 47.7 Å². The van der Waals surface area contributed by atoms with E-state index in [9.17, 15) is 4.79 Å². The fraction of sp³-hybridized carbons (Fsp3) is 0.385. The number of amides is 1. The first-order valence-corrected chi connectivity index (χ1v) is 11.2. The van der Waals surface area contributed by atoms with Crippen molar-refractivity contribution in [3.8, 4) is 16.9 Å². The molecular weight excluding hydrogens is 388 g/mol. The summed E-state index contributed by atoms with van der Waals surface area (Å²) in [6.45, 7) is 4.26. The highest BCUT2D eigenvalue weighted by molar-refractivity contribution is 5.83. The van der Waals surface area contributed by atoms with Gasteiger partial charge in [0, 0.05) is 49.7 Å². The highest BCUT2D eigenvalue weighted by atomic mass is 16.5. The zero-order valence-electron chi connectivity index (χ0n) is 17.9. The van der Waals surface area contributed by atoms with Gasteiger partial charge in [-0.05, 0) is 42.2 Å². The molecule has 5 rings (SSSR count). The van der Waals surface area contributed by atoms with E-state index in [4.69, 9.17) is 9.47 Å². The van der Waals surface area contributed by atoms with Gasteiger partial charge in [0.2, 0.25) is 0 Å². The SMILES string of the molecule is C[C@@H]1CCO[C@@H]1C(=O)N1CCC(Oc2ccc(-c3cnc4ccccc4c3)cc2)CC1. The zero-order chi connectivity index (χ0) is 21.2. The first-order chi connectivity index (χ1) is 15.2. The van der Waals surface area contributed by atoms with Gasteiger partial charge >= 0.3 is 0 Å². The van der Waals surface area contributed by atoms with E-state index in [0.29, 0.717) is 12.5 Å². The van der Waals surface area contributed by atoms with Crippen LogP contribution in [0.5, 0.6) is 5.75 Å². The summed E-state index contributed by atoms with van der Waals surface area (Å²) >= 11 is 0. The second kappa shape index (κ2) is 8.67. The molecule has 3 aromatic rings. The Labute approximate surface area is 183 Å². The number of hydrogen-bond acceptors (Lipinski definition) is 4. The number of benzene rings is 2. The third kappa shape index (κ3) is 4.28. The van der Waals surface area contributed by atoms with Crippen LogP contribution in [0.4, 0.5) is 0 Å². The standard InChI is InChI=1S/C26H28N2O3/c1-18-12-15-30-25(18)26(29)28-13-10-23(11-14-28)31-22-8-6-19(7-9-22)21-16-20-4-2-3-5-24(20)27-17-21/h2-9,16-18,23,25H,10-15H2,1H3/t18-,25+/m1/s1. The molecule has 31 heavy (non-hydrogen) atoms. The zero-order valence-corrected chi connectivity index (χ0v) is 17.9. The van der Waals surface area contributed by atoms with Crippen molar-refractivity contribution in [2.24, 2.45) is 5.92 Å². The molecule has 1 amide bonds. The van der Waals surface area contributed by atoms with Crippen molar-refractivity contribution in [1.82, 2.24) is 9.88 Å². The maximum Gasteiger partial charge on any atom is 0.251 e. The predicted molar refractivity (Wildman–Crippen MR) is 121 cm³/mol. The molecule has 0 N–H and O–H groups in total. The smallest absolute Gasteiger partial charge is 0.251 e. The molecule has 5 heteroatoms. The fourth-order valence-electron chi connectivity index (χ4n) is 4.53. The fourth-order valence-corrected chi connectivity index (χ4v) is 4.53. The molecule has 1 aromatic heterocycles. The van der Waals surface area contributed by atoms with Crippen LogP contribution in [-0.2, 0) is 9.53 Å². The number of pyridine rings is 1. The minimum absolute atomic E-state index is 0.138. The molecule has 160 valence electrons. The van der Waals surface area contributed by atoms with Crippen LogP contribution in [0.15, 0.2) is 60.8 Å². The number of likely N-dealkylation sites (tertiary alicyclic amines) is 1. The molecule has 0 bridgehead atoms. The largest absolute Gasteiger partial charge is 0.490 e. The Bertz CT molecular complexity index is 1060. The Kier molecular flexibility index (Phi) is 5.60. The van der Waals surface area contributed by atoms with Crippen LogP contribution < -0.4 is 4.74 Å². The molecule has 0 saturated carbocycles. The third-order valence-corrected chi connectivity index (χ3v) is 6.47. The second-order valence-corrected chi connectivity index (χ2v) is 8.64. The Balaban J connectivity index is 1.18. The molecule has 5 nitrogen and oxygen atoms in total. The summed E-state index contributed by atoms with van der Waals surface area (Å²) in [5, 5.41) is 1.14. The normalized spacial score (nSPS) is 22.0. The summed E-state index contributed by atoms with van der Waals surface area (Å²) in [6.07, 6.45) is 4.47. The van der Waals surface area contributed by atoms with Gasteiger partial charge < -0.3 is 14.4 Å². The highest BCUT2D eigenvalue weighted by Gasteiger charge is 2.35. The Morgan fingerprint density at radius 2 is 1.81 bits per heavy atom. The average Bonchev–Trinajstić information content (AvgIpc) is 3.25. The van der Waals surface area contributed by atoms with Crippen molar-refractivity contribution < 1.29 is 14.3 Å². The van der Waals surface area contributed by atoms with Gasteiger partial charge in [-0.1, -0.05) is 37.3 Å². The maximum absolute atomic E-state index is 12.7. The average molecular weight is 417 g/mol. The van der Waals surface area contributed by atoms with E-state index in [1.807, 2.05) is 41.4 Å². The van der Waals surface area contributed by atoms with Crippen LogP contribution >= 0.6 is 0 Å². The van der Waals surface area contributed by atoms with Gasteiger partial charge in [-0.25, -0.2) is 0 Å². The Morgan fingerprint density at radius 3 is 2.55 bits per heavy atom. The number of piperidine rings is 1. The molecule has 0 aliphatic carbocycles. The predicted octanol–water partition coefficient (Wildman–Crippen LogP) is 4.70. The minimum Gasteiger partial charge on any atom is -0.490 e. The van der Waals surface area contributed by atoms with Crippen molar-refractivity contribution in [3.05, 3.63) is 60.8 Å². The number of para-hydroxylation sites is 1. The number of aromatic nitrogens is 1. The lowest BCUT2D eigenvalue weighted by Gasteiger charge is -2.34. The molecule has 2 atom stereocenters. The summed E-state index contributed by atoms with van der Waals surface area (Å²) in [5.41, 5.74) is 3.22. The van der Waals surface area contributed by atoms with E-state index >= 15 is 0 Å². The van der Waals surface area contributed by atoms with Crippen LogP contribution in [0.1, 0.15) is 26.2 Å². The molecule has 0 unspecified atom stereocenters. The highest BCUT2D eigenvalue weighted by Crippen LogP contribution is 2.27. The van der Waals surface area contributed by atoms with Gasteiger partial charge in [-0.3, -0.25) is 9.78 Å². The van der Waals surface area contributed by atoms with Crippen molar-refractivity contribution >= 4 is 16.8 Å². The summed E-state index contributed by atoms with van der Waals surface area (Å²) in [6, 6.07) is 18.5. The monoisotopic (exact) mass is 416 g/mol. The number of carbonyl (C=O) groups is 1. The Morgan fingerprint density at radius 1 is 1.03 bits per heavy atom. The summed E-state index contributed by atoms with van der Waals surface area (Å²) in [4.78, 5) is 19.2. The molecule has 3 heterocycles. The van der Waals surface area contributed by atoms with Crippen LogP contribution in [0.3, 0.4) is 0 Å². The second-order valence-electron chi connectivity index (χ2n) is 8.64. The van der Waals surface area contributed by atoms with Crippen molar-refractivity contribution in [3.63, 3.8) is 0 Å². The molecule has 0 radical (unpaired) electrons. The summed E-state index contributed by atoms with van der Waals surface area (Å²) < 4.78 is 11.9. The quantitative estimate of drug-likeness (QED) is 0.619. The van der Waals surface area contributed by atoms with E-state index in [0.717, 1.165) is 60.1 Å². The van der Waals surface area contributed by atoms with E-state index in [1.54, 1.807) is 0 Å². The molecule has 2 fully saturated rings. The molecule has 2 aliphatic heterocycles. The number of nitrogens with zero attached hydrogens (tertiary/aromatic N) is 2. The van der Waals surface area contributed by atoms with Gasteiger partial charge in [0.1, 0.15) is 18.0 Å². The maximum atomic E-state index is 12.7. The topological polar surface area (TPSA) is 51.7 Å². The number of rotatable bonds is 4. The van der Waals surface area contributed by atoms with Crippen LogP contribution in [0, 0.1) is 5.92 Å². The van der Waals surface area contributed by atoms with Gasteiger partial charge in [0.15, 0.2) is 0 Å². The summed E-state index contributed by atoms with van der Waals surface area (Å²) in [5.74, 6) is 1.34. The Hall–Kier alpha value is -2.92. The molecule has 0 spiro atoms. The van der Waals surface area contributed by atoms with Gasteiger partial charge in [0.05, 0.1) is 5.52 Å². The molecule has 2 aliphatic rings. The van der Waals surface area contributed by atoms with Crippen LogP contribution in [0.25, 0.3) is 22.0 Å². The van der Waals surface area contributed by atoms with Crippen LogP contribution in [0.2, 0.25) is 0 Å². The van der Waals surface area contributed by atoms with E-state index in [-0.39, 0.29) is 18.1 Å². The first kappa shape index (κ1) is 20.0. The lowest BCUT2D eigenvalue weighted by Crippen LogP contribution is -2.47. The summed E-state index contributed by atoms with van der Waals surface area (Å²) in [7, 11) is 0.